The fraction of sp³-hybridized carbons (Fsp3) is 0.278. The van der Waals surface area contributed by atoms with Gasteiger partial charge in [-0.1, -0.05) is 38.1 Å². The molecular weight excluding hydrogens is 264 g/mol. The molecule has 20 heavy (non-hydrogen) atoms. The minimum Gasteiger partial charge on any atom is -0.288 e. The van der Waals surface area contributed by atoms with Crippen LogP contribution in [0.3, 0.4) is 0 Å². The molecule has 0 bridgehead atoms. The third-order valence-corrected chi connectivity index (χ3v) is 4.82. The SMILES string of the molecule is CC(C)CCc1cccc2sc3ccccc3c(=O)c12. The Hall–Kier alpha value is -1.67. The van der Waals surface area contributed by atoms with Gasteiger partial charge in [-0.15, -0.1) is 11.3 Å². The van der Waals surface area contributed by atoms with Crippen LogP contribution in [0.15, 0.2) is 47.3 Å². The molecule has 0 aliphatic rings. The summed E-state index contributed by atoms with van der Waals surface area (Å²) in [4.78, 5) is 12.8. The summed E-state index contributed by atoms with van der Waals surface area (Å²) in [6.45, 7) is 4.45. The van der Waals surface area contributed by atoms with Crippen molar-refractivity contribution in [3.05, 3.63) is 58.3 Å². The second-order valence-electron chi connectivity index (χ2n) is 5.65. The van der Waals surface area contributed by atoms with E-state index >= 15 is 0 Å². The van der Waals surface area contributed by atoms with Crippen molar-refractivity contribution in [3.8, 4) is 0 Å². The quantitative estimate of drug-likeness (QED) is 0.618. The predicted molar refractivity (Wildman–Crippen MR) is 88.8 cm³/mol. The molecule has 0 saturated heterocycles. The molecule has 0 unspecified atom stereocenters. The molecule has 0 fully saturated rings. The van der Waals surface area contributed by atoms with E-state index in [-0.39, 0.29) is 5.43 Å². The Labute approximate surface area is 122 Å². The van der Waals surface area contributed by atoms with Crippen LogP contribution in [0.1, 0.15) is 25.8 Å². The highest BCUT2D eigenvalue weighted by molar-refractivity contribution is 7.24. The van der Waals surface area contributed by atoms with Gasteiger partial charge in [-0.3, -0.25) is 4.79 Å². The van der Waals surface area contributed by atoms with Gasteiger partial charge in [-0.25, -0.2) is 0 Å². The molecule has 0 spiro atoms. The van der Waals surface area contributed by atoms with Crippen LogP contribution in [0, 0.1) is 5.92 Å². The number of benzene rings is 2. The Balaban J connectivity index is 2.27. The van der Waals surface area contributed by atoms with Crippen LogP contribution in [0.5, 0.6) is 0 Å². The topological polar surface area (TPSA) is 17.1 Å². The van der Waals surface area contributed by atoms with E-state index < -0.39 is 0 Å². The second-order valence-corrected chi connectivity index (χ2v) is 6.73. The molecule has 0 atom stereocenters. The number of aryl methyl sites for hydroxylation is 1. The van der Waals surface area contributed by atoms with Crippen molar-refractivity contribution in [1.82, 2.24) is 0 Å². The molecule has 102 valence electrons. The largest absolute Gasteiger partial charge is 0.288 e. The molecule has 0 aliphatic carbocycles. The monoisotopic (exact) mass is 282 g/mol. The summed E-state index contributed by atoms with van der Waals surface area (Å²) < 4.78 is 2.18. The molecule has 1 nitrogen and oxygen atoms in total. The molecule has 3 rings (SSSR count). The summed E-state index contributed by atoms with van der Waals surface area (Å²) in [7, 11) is 0. The van der Waals surface area contributed by atoms with Crippen LogP contribution in [0.4, 0.5) is 0 Å². The van der Waals surface area contributed by atoms with E-state index in [1.54, 1.807) is 11.3 Å². The predicted octanol–water partition coefficient (Wildman–Crippen LogP) is 5.00. The van der Waals surface area contributed by atoms with Gasteiger partial charge in [-0.05, 0) is 42.5 Å². The molecule has 3 aromatic rings. The lowest BCUT2D eigenvalue weighted by Gasteiger charge is -2.08. The van der Waals surface area contributed by atoms with E-state index in [9.17, 15) is 4.79 Å². The molecular formula is C18H18OS. The summed E-state index contributed by atoms with van der Waals surface area (Å²) in [5.74, 6) is 0.657. The van der Waals surface area contributed by atoms with Crippen LogP contribution in [-0.2, 0) is 6.42 Å². The van der Waals surface area contributed by atoms with Crippen LogP contribution in [0.2, 0.25) is 0 Å². The summed E-state index contributed by atoms with van der Waals surface area (Å²) in [6, 6.07) is 14.1. The minimum absolute atomic E-state index is 0.189. The van der Waals surface area contributed by atoms with Crippen molar-refractivity contribution in [2.75, 3.05) is 0 Å². The smallest absolute Gasteiger partial charge is 0.196 e. The summed E-state index contributed by atoms with van der Waals surface area (Å²) in [6.07, 6.45) is 2.10. The van der Waals surface area contributed by atoms with Gasteiger partial charge in [0.15, 0.2) is 5.43 Å². The number of rotatable bonds is 3. The lowest BCUT2D eigenvalue weighted by atomic mass is 9.99. The van der Waals surface area contributed by atoms with E-state index in [2.05, 4.69) is 32.0 Å². The van der Waals surface area contributed by atoms with Crippen LogP contribution >= 0.6 is 11.3 Å². The van der Waals surface area contributed by atoms with E-state index in [1.165, 1.54) is 5.56 Å². The van der Waals surface area contributed by atoms with Crippen LogP contribution in [0.25, 0.3) is 20.2 Å². The van der Waals surface area contributed by atoms with Crippen molar-refractivity contribution in [2.24, 2.45) is 5.92 Å². The fourth-order valence-corrected chi connectivity index (χ4v) is 3.69. The number of hydrogen-bond acceptors (Lipinski definition) is 2. The fourth-order valence-electron chi connectivity index (χ4n) is 2.57. The maximum absolute atomic E-state index is 12.8. The highest BCUT2D eigenvalue weighted by Gasteiger charge is 2.09. The van der Waals surface area contributed by atoms with Gasteiger partial charge in [0.25, 0.3) is 0 Å². The lowest BCUT2D eigenvalue weighted by Crippen LogP contribution is -2.05. The van der Waals surface area contributed by atoms with Gasteiger partial charge in [-0.2, -0.15) is 0 Å². The molecule has 0 aliphatic heterocycles. The first-order chi connectivity index (χ1) is 9.66. The summed E-state index contributed by atoms with van der Waals surface area (Å²) in [5.41, 5.74) is 1.39. The highest BCUT2D eigenvalue weighted by atomic mass is 32.1. The van der Waals surface area contributed by atoms with E-state index in [0.29, 0.717) is 5.92 Å². The maximum atomic E-state index is 12.8. The molecule has 1 heterocycles. The van der Waals surface area contributed by atoms with Crippen LogP contribution in [-0.4, -0.2) is 0 Å². The van der Waals surface area contributed by atoms with Gasteiger partial charge in [0.1, 0.15) is 0 Å². The normalized spacial score (nSPS) is 11.6. The van der Waals surface area contributed by atoms with Gasteiger partial charge in [0.2, 0.25) is 0 Å². The zero-order chi connectivity index (χ0) is 14.1. The highest BCUT2D eigenvalue weighted by Crippen LogP contribution is 2.27. The zero-order valence-corrected chi connectivity index (χ0v) is 12.7. The lowest BCUT2D eigenvalue weighted by molar-refractivity contribution is 0.588. The van der Waals surface area contributed by atoms with Gasteiger partial charge in [0, 0.05) is 20.2 Å². The zero-order valence-electron chi connectivity index (χ0n) is 11.8. The van der Waals surface area contributed by atoms with E-state index in [4.69, 9.17) is 0 Å². The first-order valence-electron chi connectivity index (χ1n) is 7.10. The minimum atomic E-state index is 0.189. The molecule has 0 amide bonds. The first-order valence-corrected chi connectivity index (χ1v) is 7.92. The Bertz CT molecular complexity index is 814. The van der Waals surface area contributed by atoms with E-state index in [1.807, 2.05) is 24.3 Å². The van der Waals surface area contributed by atoms with Gasteiger partial charge < -0.3 is 0 Å². The van der Waals surface area contributed by atoms with Gasteiger partial charge >= 0.3 is 0 Å². The molecule has 2 heteroatoms. The third-order valence-electron chi connectivity index (χ3n) is 3.68. The number of fused-ring (bicyclic) bond motifs is 2. The van der Waals surface area contributed by atoms with E-state index in [0.717, 1.165) is 33.0 Å². The Morgan fingerprint density at radius 2 is 1.75 bits per heavy atom. The average molecular weight is 282 g/mol. The van der Waals surface area contributed by atoms with Crippen molar-refractivity contribution in [1.29, 1.82) is 0 Å². The molecule has 0 radical (unpaired) electrons. The molecule has 1 aromatic heterocycles. The second kappa shape index (κ2) is 5.37. The van der Waals surface area contributed by atoms with Crippen molar-refractivity contribution in [3.63, 3.8) is 0 Å². The Kier molecular flexibility index (Phi) is 3.58. The first kappa shape index (κ1) is 13.3. The van der Waals surface area contributed by atoms with Crippen molar-refractivity contribution < 1.29 is 0 Å². The number of hydrogen-bond donors (Lipinski definition) is 0. The van der Waals surface area contributed by atoms with Crippen LogP contribution < -0.4 is 5.43 Å². The van der Waals surface area contributed by atoms with Crippen molar-refractivity contribution in [2.45, 2.75) is 26.7 Å². The molecule has 0 N–H and O–H groups in total. The standard InChI is InChI=1S/C18H18OS/c1-12(2)10-11-13-6-5-9-16-17(13)18(19)14-7-3-4-8-15(14)20-16/h3-9,12H,10-11H2,1-2H3. The van der Waals surface area contributed by atoms with Gasteiger partial charge in [0.05, 0.1) is 0 Å². The Morgan fingerprint density at radius 1 is 1.00 bits per heavy atom. The average Bonchev–Trinajstić information content (AvgIpc) is 2.45. The summed E-state index contributed by atoms with van der Waals surface area (Å²) >= 11 is 1.71. The maximum Gasteiger partial charge on any atom is 0.196 e. The summed E-state index contributed by atoms with van der Waals surface area (Å²) in [5, 5.41) is 1.78. The molecule has 2 aromatic carbocycles. The Morgan fingerprint density at radius 3 is 2.55 bits per heavy atom. The third kappa shape index (κ3) is 2.36. The molecule has 0 saturated carbocycles. The van der Waals surface area contributed by atoms with Crippen molar-refractivity contribution >= 4 is 31.5 Å².